The maximum absolute atomic E-state index is 13.7. The van der Waals surface area contributed by atoms with Crippen LogP contribution >= 0.6 is 0 Å². The maximum atomic E-state index is 13.7. The number of hydrogen-bond acceptors (Lipinski definition) is 6. The van der Waals surface area contributed by atoms with Gasteiger partial charge >= 0.3 is 0 Å². The van der Waals surface area contributed by atoms with Crippen molar-refractivity contribution < 1.29 is 9.26 Å². The van der Waals surface area contributed by atoms with Gasteiger partial charge in [-0.2, -0.15) is 5.10 Å². The summed E-state index contributed by atoms with van der Waals surface area (Å²) in [5.74, 6) is 1.35. The van der Waals surface area contributed by atoms with Crippen LogP contribution in [0.3, 0.4) is 0 Å². The molecule has 0 aliphatic rings. The molecule has 0 aliphatic carbocycles. The molecular formula is C25H23N5O3. The van der Waals surface area contributed by atoms with Crippen LogP contribution < -0.4 is 10.3 Å². The Morgan fingerprint density at radius 1 is 1.12 bits per heavy atom. The smallest absolute Gasteiger partial charge is 0.259 e. The summed E-state index contributed by atoms with van der Waals surface area (Å²) in [5, 5.41) is 9.24. The van der Waals surface area contributed by atoms with Gasteiger partial charge in [0.2, 0.25) is 0 Å². The standard InChI is InChI=1S/C25H23N5O3/c1-15-24(16(2)33-28-15)21-10-17-9-20(18-12-27-29(3)13-18)25(31)30(22(17)11-23(21)32-4)14-19-7-5-6-8-26-19/h5-13H,14H2,1-4H3. The number of rotatable bonds is 5. The van der Waals surface area contributed by atoms with Crippen molar-refractivity contribution >= 4 is 10.9 Å². The fourth-order valence-electron chi connectivity index (χ4n) is 4.22. The fourth-order valence-corrected chi connectivity index (χ4v) is 4.22. The van der Waals surface area contributed by atoms with Crippen molar-refractivity contribution in [3.05, 3.63) is 82.5 Å². The van der Waals surface area contributed by atoms with Crippen LogP contribution in [0.2, 0.25) is 0 Å². The quantitative estimate of drug-likeness (QED) is 0.408. The highest BCUT2D eigenvalue weighted by molar-refractivity contribution is 5.92. The van der Waals surface area contributed by atoms with E-state index >= 15 is 0 Å². The molecule has 33 heavy (non-hydrogen) atoms. The second-order valence-corrected chi connectivity index (χ2v) is 7.98. The monoisotopic (exact) mass is 441 g/mol. The molecular weight excluding hydrogens is 418 g/mol. The second-order valence-electron chi connectivity index (χ2n) is 7.98. The number of benzene rings is 1. The number of fused-ring (bicyclic) bond motifs is 1. The van der Waals surface area contributed by atoms with Crippen LogP contribution in [0.15, 0.2) is 64.3 Å². The van der Waals surface area contributed by atoms with Crippen LogP contribution in [0.5, 0.6) is 5.75 Å². The molecule has 0 aliphatic heterocycles. The summed E-state index contributed by atoms with van der Waals surface area (Å²) >= 11 is 0. The molecule has 0 spiro atoms. The summed E-state index contributed by atoms with van der Waals surface area (Å²) < 4.78 is 14.6. The summed E-state index contributed by atoms with van der Waals surface area (Å²) in [5.41, 5.74) is 5.28. The molecule has 1 aromatic carbocycles. The molecule has 5 rings (SSSR count). The first kappa shape index (κ1) is 20.7. The number of hydrogen-bond donors (Lipinski definition) is 0. The number of nitrogens with zero attached hydrogens (tertiary/aromatic N) is 5. The number of pyridine rings is 2. The number of methoxy groups -OCH3 is 1. The van der Waals surface area contributed by atoms with E-state index in [2.05, 4.69) is 15.2 Å². The molecule has 0 fully saturated rings. The lowest BCUT2D eigenvalue weighted by molar-refractivity contribution is 0.393. The van der Waals surface area contributed by atoms with Crippen molar-refractivity contribution in [3.63, 3.8) is 0 Å². The lowest BCUT2D eigenvalue weighted by Gasteiger charge is -2.16. The molecule has 0 saturated carbocycles. The number of aromatic nitrogens is 5. The minimum absolute atomic E-state index is 0.117. The van der Waals surface area contributed by atoms with Gasteiger partial charge in [0.1, 0.15) is 11.5 Å². The van der Waals surface area contributed by atoms with E-state index in [4.69, 9.17) is 9.26 Å². The molecule has 8 heteroatoms. The van der Waals surface area contributed by atoms with E-state index in [-0.39, 0.29) is 5.56 Å². The van der Waals surface area contributed by atoms with Gasteiger partial charge in [0.25, 0.3) is 5.56 Å². The van der Waals surface area contributed by atoms with Gasteiger partial charge in [0.15, 0.2) is 0 Å². The van der Waals surface area contributed by atoms with Crippen molar-refractivity contribution in [1.82, 2.24) is 24.5 Å². The van der Waals surface area contributed by atoms with E-state index in [1.54, 1.807) is 28.8 Å². The van der Waals surface area contributed by atoms with Crippen LogP contribution in [0.4, 0.5) is 0 Å². The minimum atomic E-state index is -0.117. The van der Waals surface area contributed by atoms with Gasteiger partial charge < -0.3 is 13.8 Å². The lowest BCUT2D eigenvalue weighted by Crippen LogP contribution is -2.23. The molecule has 0 N–H and O–H groups in total. The Morgan fingerprint density at radius 3 is 2.58 bits per heavy atom. The van der Waals surface area contributed by atoms with Gasteiger partial charge in [-0.15, -0.1) is 0 Å². The predicted molar refractivity (Wildman–Crippen MR) is 125 cm³/mol. The van der Waals surface area contributed by atoms with Gasteiger partial charge in [-0.25, -0.2) is 0 Å². The van der Waals surface area contributed by atoms with E-state index in [1.807, 2.05) is 63.5 Å². The Labute approximate surface area is 190 Å². The van der Waals surface area contributed by atoms with Crippen LogP contribution in [-0.2, 0) is 13.6 Å². The molecule has 0 atom stereocenters. The van der Waals surface area contributed by atoms with Crippen LogP contribution in [0, 0.1) is 13.8 Å². The van der Waals surface area contributed by atoms with Gasteiger partial charge in [0, 0.05) is 36.6 Å². The van der Waals surface area contributed by atoms with E-state index in [1.165, 1.54) is 0 Å². The highest BCUT2D eigenvalue weighted by Gasteiger charge is 2.20. The zero-order chi connectivity index (χ0) is 23.1. The van der Waals surface area contributed by atoms with Crippen molar-refractivity contribution in [2.45, 2.75) is 20.4 Å². The molecule has 0 bridgehead atoms. The summed E-state index contributed by atoms with van der Waals surface area (Å²) in [6.45, 7) is 4.11. The van der Waals surface area contributed by atoms with Crippen molar-refractivity contribution in [3.8, 4) is 28.0 Å². The Morgan fingerprint density at radius 2 is 1.94 bits per heavy atom. The second kappa shape index (κ2) is 8.05. The van der Waals surface area contributed by atoms with Crippen LogP contribution in [0.1, 0.15) is 17.1 Å². The van der Waals surface area contributed by atoms with Gasteiger partial charge in [-0.3, -0.25) is 14.5 Å². The maximum Gasteiger partial charge on any atom is 0.259 e. The van der Waals surface area contributed by atoms with Crippen molar-refractivity contribution in [1.29, 1.82) is 0 Å². The third-order valence-electron chi connectivity index (χ3n) is 5.78. The first-order valence-electron chi connectivity index (χ1n) is 10.5. The zero-order valence-corrected chi connectivity index (χ0v) is 18.9. The first-order valence-corrected chi connectivity index (χ1v) is 10.5. The van der Waals surface area contributed by atoms with Gasteiger partial charge in [0.05, 0.1) is 47.9 Å². The highest BCUT2D eigenvalue weighted by Crippen LogP contribution is 2.38. The number of ether oxygens (including phenoxy) is 1. The topological polar surface area (TPSA) is 88.0 Å². The van der Waals surface area contributed by atoms with E-state index in [9.17, 15) is 4.79 Å². The largest absolute Gasteiger partial charge is 0.496 e. The average Bonchev–Trinajstić information content (AvgIpc) is 3.40. The summed E-state index contributed by atoms with van der Waals surface area (Å²) in [7, 11) is 3.45. The lowest BCUT2D eigenvalue weighted by atomic mass is 9.99. The van der Waals surface area contributed by atoms with Crippen LogP contribution in [0.25, 0.3) is 33.2 Å². The Hall–Kier alpha value is -4.20. The van der Waals surface area contributed by atoms with Crippen LogP contribution in [-0.4, -0.2) is 31.6 Å². The fraction of sp³-hybridized carbons (Fsp3) is 0.200. The third kappa shape index (κ3) is 3.59. The SMILES string of the molecule is COc1cc2c(cc1-c1c(C)noc1C)cc(-c1cnn(C)c1)c(=O)n2Cc1ccccn1. The Kier molecular flexibility index (Phi) is 5.05. The molecule has 4 aromatic heterocycles. The van der Waals surface area contributed by atoms with Crippen molar-refractivity contribution in [2.75, 3.05) is 7.11 Å². The summed E-state index contributed by atoms with van der Waals surface area (Å²) in [6.07, 6.45) is 5.27. The highest BCUT2D eigenvalue weighted by atomic mass is 16.5. The molecule has 0 amide bonds. The third-order valence-corrected chi connectivity index (χ3v) is 5.78. The molecule has 0 saturated heterocycles. The molecule has 5 aromatic rings. The molecule has 4 heterocycles. The Bertz CT molecular complexity index is 1510. The number of aryl methyl sites for hydroxylation is 3. The normalized spacial score (nSPS) is 11.3. The average molecular weight is 441 g/mol. The molecule has 166 valence electrons. The molecule has 0 radical (unpaired) electrons. The molecule has 0 unspecified atom stereocenters. The van der Waals surface area contributed by atoms with Gasteiger partial charge in [-0.05, 0) is 43.5 Å². The molecule has 8 nitrogen and oxygen atoms in total. The van der Waals surface area contributed by atoms with E-state index in [0.717, 1.165) is 39.0 Å². The predicted octanol–water partition coefficient (Wildman–Crippen LogP) is 4.13. The summed E-state index contributed by atoms with van der Waals surface area (Å²) in [6, 6.07) is 11.5. The minimum Gasteiger partial charge on any atom is -0.496 e. The summed E-state index contributed by atoms with van der Waals surface area (Å²) in [4.78, 5) is 18.1. The Balaban J connectivity index is 1.83. The van der Waals surface area contributed by atoms with E-state index < -0.39 is 0 Å². The van der Waals surface area contributed by atoms with Crippen molar-refractivity contribution in [2.24, 2.45) is 7.05 Å². The zero-order valence-electron chi connectivity index (χ0n) is 18.9. The van der Waals surface area contributed by atoms with E-state index in [0.29, 0.717) is 23.6 Å². The van der Waals surface area contributed by atoms with Gasteiger partial charge in [-0.1, -0.05) is 11.2 Å². The first-order chi connectivity index (χ1) is 16.0.